The summed E-state index contributed by atoms with van der Waals surface area (Å²) in [5.41, 5.74) is 2.22. The largest absolute Gasteiger partial charge is 0.507 e. The number of phenols is 1. The van der Waals surface area contributed by atoms with E-state index in [-0.39, 0.29) is 24.5 Å². The molecule has 3 aromatic rings. The zero-order chi connectivity index (χ0) is 18.5. The van der Waals surface area contributed by atoms with Gasteiger partial charge in [0, 0.05) is 6.54 Å². The lowest BCUT2D eigenvalue weighted by Gasteiger charge is -2.09. The van der Waals surface area contributed by atoms with Crippen molar-refractivity contribution in [1.29, 1.82) is 0 Å². The fraction of sp³-hybridized carbons (Fsp3) is 0.211. The number of esters is 1. The summed E-state index contributed by atoms with van der Waals surface area (Å²) in [6, 6.07) is 13.0. The Morgan fingerprint density at radius 3 is 2.69 bits per heavy atom. The van der Waals surface area contributed by atoms with Crippen molar-refractivity contribution in [2.24, 2.45) is 0 Å². The number of carbonyl (C=O) groups is 2. The number of ether oxygens (including phenoxy) is 1. The summed E-state index contributed by atoms with van der Waals surface area (Å²) < 4.78 is 6.68. The Bertz CT molecular complexity index is 935. The van der Waals surface area contributed by atoms with Gasteiger partial charge in [0.25, 0.3) is 5.91 Å². The molecule has 0 spiro atoms. The molecule has 0 atom stereocenters. The quantitative estimate of drug-likeness (QED) is 0.662. The van der Waals surface area contributed by atoms with Crippen molar-refractivity contribution in [3.05, 3.63) is 59.9 Å². The average Bonchev–Trinajstić information content (AvgIpc) is 3.03. The van der Waals surface area contributed by atoms with Crippen LogP contribution < -0.4 is 5.32 Å². The van der Waals surface area contributed by atoms with Crippen molar-refractivity contribution in [1.82, 2.24) is 14.9 Å². The van der Waals surface area contributed by atoms with Crippen LogP contribution in [0.5, 0.6) is 5.75 Å². The van der Waals surface area contributed by atoms with Gasteiger partial charge in [0.2, 0.25) is 0 Å². The molecule has 0 saturated carbocycles. The molecule has 2 aromatic carbocycles. The average molecular weight is 353 g/mol. The first-order valence-corrected chi connectivity index (χ1v) is 8.24. The number of carbonyl (C=O) groups excluding carboxylic acids is 2. The number of hydrogen-bond donors (Lipinski definition) is 2. The lowest BCUT2D eigenvalue weighted by molar-refractivity contribution is -0.141. The van der Waals surface area contributed by atoms with E-state index in [9.17, 15) is 14.7 Å². The molecule has 0 bridgehead atoms. The molecule has 7 heteroatoms. The fourth-order valence-corrected chi connectivity index (χ4v) is 2.70. The molecular weight excluding hydrogens is 334 g/mol. The second-order valence-corrected chi connectivity index (χ2v) is 5.67. The third kappa shape index (κ3) is 3.66. The van der Waals surface area contributed by atoms with Gasteiger partial charge in [-0.15, -0.1) is 0 Å². The van der Waals surface area contributed by atoms with Gasteiger partial charge in [-0.05, 0) is 24.6 Å². The lowest BCUT2D eigenvalue weighted by atomic mass is 10.1. The molecule has 134 valence electrons. The van der Waals surface area contributed by atoms with Crippen molar-refractivity contribution in [3.8, 4) is 5.75 Å². The van der Waals surface area contributed by atoms with Crippen LogP contribution in [0.3, 0.4) is 0 Å². The maximum absolute atomic E-state index is 12.4. The molecule has 1 amide bonds. The highest BCUT2D eigenvalue weighted by molar-refractivity contribution is 6.08. The molecule has 0 aliphatic rings. The summed E-state index contributed by atoms with van der Waals surface area (Å²) in [4.78, 5) is 28.1. The lowest BCUT2D eigenvalue weighted by Crippen LogP contribution is -2.30. The number of fused-ring (bicyclic) bond motifs is 1. The third-order valence-corrected chi connectivity index (χ3v) is 3.89. The number of aromatic nitrogens is 2. The minimum absolute atomic E-state index is 0.0404. The Morgan fingerprint density at radius 1 is 1.19 bits per heavy atom. The van der Waals surface area contributed by atoms with Crippen LogP contribution in [0.1, 0.15) is 22.8 Å². The van der Waals surface area contributed by atoms with Gasteiger partial charge in [-0.2, -0.15) is 0 Å². The summed E-state index contributed by atoms with van der Waals surface area (Å²) >= 11 is 0. The van der Waals surface area contributed by atoms with Crippen LogP contribution in [-0.4, -0.2) is 39.7 Å². The topological polar surface area (TPSA) is 93.4 Å². The van der Waals surface area contributed by atoms with Gasteiger partial charge in [-0.25, -0.2) is 4.98 Å². The number of rotatable bonds is 6. The summed E-state index contributed by atoms with van der Waals surface area (Å²) in [5.74, 6) is -1.31. The van der Waals surface area contributed by atoms with Crippen molar-refractivity contribution < 1.29 is 19.4 Å². The SMILES string of the molecule is CCOC(=O)CNC(=O)c1c(O)ccc2c1ncn2Cc1ccccc1. The third-order valence-electron chi connectivity index (χ3n) is 3.89. The van der Waals surface area contributed by atoms with E-state index in [0.717, 1.165) is 5.56 Å². The smallest absolute Gasteiger partial charge is 0.325 e. The number of nitrogens with zero attached hydrogens (tertiary/aromatic N) is 2. The van der Waals surface area contributed by atoms with Gasteiger partial charge in [-0.3, -0.25) is 9.59 Å². The van der Waals surface area contributed by atoms with Gasteiger partial charge in [-0.1, -0.05) is 30.3 Å². The van der Waals surface area contributed by atoms with Crippen molar-refractivity contribution in [2.75, 3.05) is 13.2 Å². The molecule has 0 radical (unpaired) electrons. The zero-order valence-electron chi connectivity index (χ0n) is 14.3. The molecule has 0 saturated heterocycles. The van der Waals surface area contributed by atoms with Crippen LogP contribution in [0.25, 0.3) is 11.0 Å². The summed E-state index contributed by atoms with van der Waals surface area (Å²) in [7, 11) is 0. The molecule has 0 unspecified atom stereocenters. The van der Waals surface area contributed by atoms with Crippen molar-refractivity contribution >= 4 is 22.9 Å². The highest BCUT2D eigenvalue weighted by Crippen LogP contribution is 2.26. The second kappa shape index (κ2) is 7.69. The first kappa shape index (κ1) is 17.5. The monoisotopic (exact) mass is 353 g/mol. The molecule has 3 rings (SSSR count). The van der Waals surface area contributed by atoms with Crippen LogP contribution in [0, 0.1) is 0 Å². The van der Waals surface area contributed by atoms with E-state index >= 15 is 0 Å². The molecule has 0 aliphatic heterocycles. The van der Waals surface area contributed by atoms with E-state index in [4.69, 9.17) is 4.74 Å². The van der Waals surface area contributed by atoms with Gasteiger partial charge >= 0.3 is 5.97 Å². The highest BCUT2D eigenvalue weighted by atomic mass is 16.5. The highest BCUT2D eigenvalue weighted by Gasteiger charge is 2.19. The Labute approximate surface area is 150 Å². The first-order valence-electron chi connectivity index (χ1n) is 8.24. The van der Waals surface area contributed by atoms with Crippen molar-refractivity contribution in [3.63, 3.8) is 0 Å². The van der Waals surface area contributed by atoms with Gasteiger partial charge in [0.1, 0.15) is 23.4 Å². The molecule has 1 aromatic heterocycles. The van der Waals surface area contributed by atoms with Crippen molar-refractivity contribution in [2.45, 2.75) is 13.5 Å². The Morgan fingerprint density at radius 2 is 1.96 bits per heavy atom. The molecule has 1 heterocycles. The minimum atomic E-state index is -0.578. The van der Waals surface area contributed by atoms with Gasteiger partial charge < -0.3 is 19.7 Å². The number of nitrogens with one attached hydrogen (secondary N) is 1. The fourth-order valence-electron chi connectivity index (χ4n) is 2.70. The predicted octanol–water partition coefficient (Wildman–Crippen LogP) is 2.08. The minimum Gasteiger partial charge on any atom is -0.507 e. The molecular formula is C19H19N3O4. The van der Waals surface area contributed by atoms with Gasteiger partial charge in [0.15, 0.2) is 0 Å². The molecule has 2 N–H and O–H groups in total. The standard InChI is InChI=1S/C19H19N3O4/c1-2-26-16(24)10-20-19(25)17-15(23)9-8-14-18(17)21-12-22(14)11-13-6-4-3-5-7-13/h3-9,12,23H,2,10-11H2,1H3,(H,20,25). The van der Waals surface area contributed by atoms with Crippen LogP contribution in [0.15, 0.2) is 48.8 Å². The number of phenolic OH excluding ortho intramolecular Hbond substituents is 1. The summed E-state index contributed by atoms with van der Waals surface area (Å²) in [6.45, 7) is 2.24. The zero-order valence-corrected chi connectivity index (χ0v) is 14.3. The van der Waals surface area contributed by atoms with E-state index in [2.05, 4.69) is 10.3 Å². The maximum atomic E-state index is 12.4. The Kier molecular flexibility index (Phi) is 5.17. The van der Waals surface area contributed by atoms with E-state index in [1.54, 1.807) is 19.3 Å². The predicted molar refractivity (Wildman–Crippen MR) is 95.9 cm³/mol. The van der Waals surface area contributed by atoms with Crippen LogP contribution in [0.4, 0.5) is 0 Å². The summed E-state index contributed by atoms with van der Waals surface area (Å²) in [6.07, 6.45) is 1.62. The Hall–Kier alpha value is -3.35. The maximum Gasteiger partial charge on any atom is 0.325 e. The number of benzene rings is 2. The normalized spacial score (nSPS) is 10.7. The molecule has 7 nitrogen and oxygen atoms in total. The number of hydrogen-bond acceptors (Lipinski definition) is 5. The van der Waals surface area contributed by atoms with Gasteiger partial charge in [0.05, 0.1) is 18.5 Å². The number of imidazole rings is 1. The summed E-state index contributed by atoms with van der Waals surface area (Å²) in [5, 5.41) is 12.6. The molecule has 26 heavy (non-hydrogen) atoms. The van der Waals surface area contributed by atoms with E-state index < -0.39 is 11.9 Å². The van der Waals surface area contributed by atoms with E-state index in [1.807, 2.05) is 34.9 Å². The number of aromatic hydroxyl groups is 1. The number of amides is 1. The first-order chi connectivity index (χ1) is 12.6. The second-order valence-electron chi connectivity index (χ2n) is 5.67. The van der Waals surface area contributed by atoms with Crippen LogP contribution in [0.2, 0.25) is 0 Å². The van der Waals surface area contributed by atoms with Crippen LogP contribution in [-0.2, 0) is 16.1 Å². The molecule has 0 aliphatic carbocycles. The van der Waals surface area contributed by atoms with E-state index in [1.165, 1.54) is 6.07 Å². The van der Waals surface area contributed by atoms with Crippen LogP contribution >= 0.6 is 0 Å². The Balaban J connectivity index is 1.87. The molecule has 0 fully saturated rings. The van der Waals surface area contributed by atoms with E-state index in [0.29, 0.717) is 17.6 Å².